The summed E-state index contributed by atoms with van der Waals surface area (Å²) in [6.07, 6.45) is 5.30. The second-order valence-corrected chi connectivity index (χ2v) is 9.91. The van der Waals surface area contributed by atoms with Crippen LogP contribution in [0.2, 0.25) is 0 Å². The minimum atomic E-state index is -0.348. The maximum Gasteiger partial charge on any atom is 0.329 e. The molecular weight excluding hydrogens is 459 g/mol. The van der Waals surface area contributed by atoms with Crippen molar-refractivity contribution in [3.8, 4) is 16.9 Å². The molecule has 2 aromatic carbocycles. The molecule has 2 heterocycles. The number of rotatable bonds is 8. The van der Waals surface area contributed by atoms with E-state index in [4.69, 9.17) is 9.47 Å². The van der Waals surface area contributed by atoms with Crippen molar-refractivity contribution in [2.45, 2.75) is 37.8 Å². The number of fused-ring (bicyclic) bond motifs is 3. The summed E-state index contributed by atoms with van der Waals surface area (Å²) in [5.41, 5.74) is 3.22. The van der Waals surface area contributed by atoms with E-state index in [0.717, 1.165) is 60.0 Å². The average molecular weight is 493 g/mol. The maximum atomic E-state index is 15.2. The standard InChI is InChI=1S/C28H33FN4O3/c1-31(2)12-5-13-36-20-9-6-18(7-10-20)22-15-23-25(16-24(22)29)30-17-26-27(23)33(28(34)32(26)3)19-8-11-21(14-19)35-4/h6-7,9-10,15-17,19,21H,5,8,11-14H2,1-4H3/t19-,21-/m1/s1. The molecule has 1 aliphatic rings. The molecule has 0 bridgehead atoms. The van der Waals surface area contributed by atoms with E-state index in [1.54, 1.807) is 24.9 Å². The monoisotopic (exact) mass is 492 g/mol. The number of ether oxygens (including phenoxy) is 2. The van der Waals surface area contributed by atoms with Crippen molar-refractivity contribution in [2.75, 3.05) is 34.4 Å². The van der Waals surface area contributed by atoms with Crippen molar-refractivity contribution in [1.82, 2.24) is 19.0 Å². The Labute approximate surface area is 210 Å². The highest BCUT2D eigenvalue weighted by Gasteiger charge is 2.30. The second-order valence-electron chi connectivity index (χ2n) is 9.91. The van der Waals surface area contributed by atoms with E-state index in [1.807, 2.05) is 49.0 Å². The smallest absolute Gasteiger partial charge is 0.329 e. The molecule has 2 atom stereocenters. The van der Waals surface area contributed by atoms with Crippen molar-refractivity contribution in [2.24, 2.45) is 7.05 Å². The minimum Gasteiger partial charge on any atom is -0.494 e. The Morgan fingerprint density at radius 3 is 2.64 bits per heavy atom. The number of benzene rings is 2. The minimum absolute atomic E-state index is 0.0363. The molecule has 1 fully saturated rings. The number of nitrogens with zero attached hydrogens (tertiary/aromatic N) is 4. The Bertz CT molecular complexity index is 1440. The van der Waals surface area contributed by atoms with E-state index in [9.17, 15) is 4.79 Å². The van der Waals surface area contributed by atoms with Gasteiger partial charge in [0.05, 0.1) is 35.5 Å². The summed E-state index contributed by atoms with van der Waals surface area (Å²) in [4.78, 5) is 19.9. The summed E-state index contributed by atoms with van der Waals surface area (Å²) in [6.45, 7) is 1.59. The predicted molar refractivity (Wildman–Crippen MR) is 140 cm³/mol. The van der Waals surface area contributed by atoms with E-state index in [2.05, 4.69) is 9.88 Å². The summed E-state index contributed by atoms with van der Waals surface area (Å²) in [5.74, 6) is 0.410. The number of pyridine rings is 1. The SMILES string of the molecule is CO[C@@H]1CC[C@@H](n2c(=O)n(C)c3cnc4cc(F)c(-c5ccc(OCCCN(C)C)cc5)cc4c32)C1. The van der Waals surface area contributed by atoms with Crippen molar-refractivity contribution in [3.63, 3.8) is 0 Å². The van der Waals surface area contributed by atoms with Gasteiger partial charge in [-0.3, -0.25) is 14.1 Å². The molecule has 8 heteroatoms. The van der Waals surface area contributed by atoms with Gasteiger partial charge in [-0.15, -0.1) is 0 Å². The van der Waals surface area contributed by atoms with Crippen LogP contribution in [0.1, 0.15) is 31.7 Å². The van der Waals surface area contributed by atoms with E-state index in [0.29, 0.717) is 17.7 Å². The van der Waals surface area contributed by atoms with Crippen LogP contribution in [0.5, 0.6) is 5.75 Å². The van der Waals surface area contributed by atoms with Gasteiger partial charge in [0.15, 0.2) is 0 Å². The lowest BCUT2D eigenvalue weighted by Gasteiger charge is -2.14. The van der Waals surface area contributed by atoms with Gasteiger partial charge in [-0.1, -0.05) is 12.1 Å². The molecule has 2 aromatic heterocycles. The summed E-state index contributed by atoms with van der Waals surface area (Å²) in [5, 5.41) is 0.770. The van der Waals surface area contributed by atoms with Crippen LogP contribution in [0.25, 0.3) is 33.1 Å². The molecule has 0 radical (unpaired) electrons. The molecule has 0 spiro atoms. The van der Waals surface area contributed by atoms with Crippen molar-refractivity contribution < 1.29 is 13.9 Å². The fourth-order valence-electron chi connectivity index (χ4n) is 5.28. The molecule has 1 aliphatic carbocycles. The Hall–Kier alpha value is -3.23. The lowest BCUT2D eigenvalue weighted by molar-refractivity contribution is 0.106. The number of halogens is 1. The molecule has 36 heavy (non-hydrogen) atoms. The predicted octanol–water partition coefficient (Wildman–Crippen LogP) is 4.76. The molecule has 4 aromatic rings. The average Bonchev–Trinajstić information content (AvgIpc) is 3.44. The number of imidazole rings is 1. The molecule has 0 unspecified atom stereocenters. The van der Waals surface area contributed by atoms with Gasteiger partial charge in [0.25, 0.3) is 0 Å². The van der Waals surface area contributed by atoms with Gasteiger partial charge >= 0.3 is 5.69 Å². The highest BCUT2D eigenvalue weighted by molar-refractivity contribution is 6.04. The Kier molecular flexibility index (Phi) is 6.81. The topological polar surface area (TPSA) is 61.5 Å². The zero-order chi connectivity index (χ0) is 25.4. The molecule has 0 saturated heterocycles. The zero-order valence-corrected chi connectivity index (χ0v) is 21.3. The maximum absolute atomic E-state index is 15.2. The fraction of sp³-hybridized carbons (Fsp3) is 0.429. The molecule has 0 N–H and O–H groups in total. The highest BCUT2D eigenvalue weighted by atomic mass is 19.1. The second kappa shape index (κ2) is 10.0. The summed E-state index contributed by atoms with van der Waals surface area (Å²) < 4.78 is 30.1. The first-order valence-corrected chi connectivity index (χ1v) is 12.5. The number of hydrogen-bond acceptors (Lipinski definition) is 5. The largest absolute Gasteiger partial charge is 0.494 e. The first kappa shape index (κ1) is 24.5. The first-order valence-electron chi connectivity index (χ1n) is 12.5. The van der Waals surface area contributed by atoms with Crippen LogP contribution in [0.3, 0.4) is 0 Å². The van der Waals surface area contributed by atoms with Crippen LogP contribution >= 0.6 is 0 Å². The van der Waals surface area contributed by atoms with Gasteiger partial charge in [-0.25, -0.2) is 9.18 Å². The molecule has 5 rings (SSSR count). The number of aryl methyl sites for hydroxylation is 1. The summed E-state index contributed by atoms with van der Waals surface area (Å²) in [7, 11) is 7.55. The first-order chi connectivity index (χ1) is 17.4. The van der Waals surface area contributed by atoms with Crippen LogP contribution in [0.15, 0.2) is 47.4 Å². The highest BCUT2D eigenvalue weighted by Crippen LogP contribution is 2.36. The normalized spacial score (nSPS) is 18.1. The zero-order valence-electron chi connectivity index (χ0n) is 21.3. The van der Waals surface area contributed by atoms with Gasteiger partial charge in [0, 0.05) is 43.8 Å². The lowest BCUT2D eigenvalue weighted by atomic mass is 10.0. The lowest BCUT2D eigenvalue weighted by Crippen LogP contribution is -2.25. The van der Waals surface area contributed by atoms with Crippen LogP contribution in [-0.2, 0) is 11.8 Å². The molecule has 0 aliphatic heterocycles. The van der Waals surface area contributed by atoms with E-state index < -0.39 is 0 Å². The van der Waals surface area contributed by atoms with E-state index in [1.165, 1.54) is 6.07 Å². The fourth-order valence-corrected chi connectivity index (χ4v) is 5.28. The number of aromatic nitrogens is 3. The van der Waals surface area contributed by atoms with E-state index >= 15 is 4.39 Å². The molecule has 7 nitrogen and oxygen atoms in total. The Morgan fingerprint density at radius 1 is 1.17 bits per heavy atom. The van der Waals surface area contributed by atoms with Crippen molar-refractivity contribution in [3.05, 3.63) is 58.9 Å². The van der Waals surface area contributed by atoms with Gasteiger partial charge in [0.1, 0.15) is 11.6 Å². The molecule has 0 amide bonds. The third-order valence-corrected chi connectivity index (χ3v) is 7.24. The third kappa shape index (κ3) is 4.51. The van der Waals surface area contributed by atoms with E-state index in [-0.39, 0.29) is 23.7 Å². The number of methoxy groups -OCH3 is 1. The van der Waals surface area contributed by atoms with Crippen LogP contribution in [0, 0.1) is 5.82 Å². The molecule has 190 valence electrons. The summed E-state index contributed by atoms with van der Waals surface area (Å²) >= 11 is 0. The Morgan fingerprint density at radius 2 is 1.94 bits per heavy atom. The van der Waals surface area contributed by atoms with Crippen LogP contribution in [-0.4, -0.2) is 59.5 Å². The van der Waals surface area contributed by atoms with Gasteiger partial charge in [-0.2, -0.15) is 0 Å². The van der Waals surface area contributed by atoms with Gasteiger partial charge in [-0.05, 0) is 63.5 Å². The summed E-state index contributed by atoms with van der Waals surface area (Å²) in [6, 6.07) is 10.8. The van der Waals surface area contributed by atoms with Crippen LogP contribution in [0.4, 0.5) is 4.39 Å². The molecule has 1 saturated carbocycles. The Balaban J connectivity index is 1.54. The quantitative estimate of drug-likeness (QED) is 0.332. The van der Waals surface area contributed by atoms with Crippen molar-refractivity contribution >= 4 is 21.9 Å². The van der Waals surface area contributed by atoms with Gasteiger partial charge in [0.2, 0.25) is 0 Å². The van der Waals surface area contributed by atoms with Gasteiger partial charge < -0.3 is 14.4 Å². The number of hydrogen-bond donors (Lipinski definition) is 0. The molecular formula is C28H33FN4O3. The van der Waals surface area contributed by atoms with Crippen LogP contribution < -0.4 is 10.4 Å². The third-order valence-electron chi connectivity index (χ3n) is 7.24. The van der Waals surface area contributed by atoms with Crippen molar-refractivity contribution in [1.29, 1.82) is 0 Å².